The number of amides is 2. The van der Waals surface area contributed by atoms with Gasteiger partial charge in [-0.15, -0.1) is 0 Å². The Morgan fingerprint density at radius 3 is 2.25 bits per heavy atom. The number of carboxylic acids is 1. The SMILES string of the molecule is COCCOCCC(=O)NCCCC[C@H](NC(=O)OCC1c2ccccc2-c2ccccc21)C(=O)O. The molecule has 36 heavy (non-hydrogen) atoms. The molecule has 0 spiro atoms. The molecule has 0 unspecified atom stereocenters. The summed E-state index contributed by atoms with van der Waals surface area (Å²) in [6.07, 6.45) is 0.837. The van der Waals surface area contributed by atoms with Gasteiger partial charge in [0.15, 0.2) is 0 Å². The number of carboxylic acid groups (broad SMARTS) is 1. The third kappa shape index (κ3) is 7.79. The molecule has 0 radical (unpaired) electrons. The fourth-order valence-corrected chi connectivity index (χ4v) is 4.24. The summed E-state index contributed by atoms with van der Waals surface area (Å²) in [5.74, 6) is -1.35. The van der Waals surface area contributed by atoms with Crippen molar-refractivity contribution < 1.29 is 33.7 Å². The van der Waals surface area contributed by atoms with Crippen LogP contribution in [0.1, 0.15) is 42.7 Å². The Morgan fingerprint density at radius 1 is 0.944 bits per heavy atom. The molecule has 3 N–H and O–H groups in total. The second-order valence-electron chi connectivity index (χ2n) is 8.56. The first-order valence-electron chi connectivity index (χ1n) is 12.2. The van der Waals surface area contributed by atoms with E-state index in [9.17, 15) is 19.5 Å². The van der Waals surface area contributed by atoms with Crippen LogP contribution in [0, 0.1) is 0 Å². The largest absolute Gasteiger partial charge is 0.480 e. The van der Waals surface area contributed by atoms with E-state index in [0.717, 1.165) is 22.3 Å². The van der Waals surface area contributed by atoms with Crippen molar-refractivity contribution in [3.63, 3.8) is 0 Å². The van der Waals surface area contributed by atoms with Crippen LogP contribution in [0.15, 0.2) is 48.5 Å². The van der Waals surface area contributed by atoms with Crippen molar-refractivity contribution in [2.45, 2.75) is 37.6 Å². The highest BCUT2D eigenvalue weighted by Gasteiger charge is 2.29. The van der Waals surface area contributed by atoms with Gasteiger partial charge in [-0.1, -0.05) is 48.5 Å². The number of carbonyl (C=O) groups excluding carboxylic acids is 2. The van der Waals surface area contributed by atoms with Crippen molar-refractivity contribution in [3.8, 4) is 11.1 Å². The lowest BCUT2D eigenvalue weighted by molar-refractivity contribution is -0.139. The van der Waals surface area contributed by atoms with Gasteiger partial charge < -0.3 is 30.0 Å². The molecule has 0 aliphatic heterocycles. The van der Waals surface area contributed by atoms with Gasteiger partial charge in [-0.25, -0.2) is 9.59 Å². The molecule has 0 aromatic heterocycles. The minimum absolute atomic E-state index is 0.0968. The third-order valence-electron chi connectivity index (χ3n) is 6.08. The topological polar surface area (TPSA) is 123 Å². The molecular formula is C27H34N2O7. The lowest BCUT2D eigenvalue weighted by Gasteiger charge is -2.17. The van der Waals surface area contributed by atoms with Crippen LogP contribution in [0.3, 0.4) is 0 Å². The standard InChI is InChI=1S/C27H34N2O7/c1-34-16-17-35-15-13-25(30)28-14-7-6-12-24(26(31)32)29-27(33)36-18-23-21-10-4-2-8-19(21)20-9-3-5-11-22(20)23/h2-5,8-11,23-24H,6-7,12-18H2,1H3,(H,28,30)(H,29,33)(H,31,32)/t24-/m0/s1. The van der Waals surface area contributed by atoms with Crippen molar-refractivity contribution in [3.05, 3.63) is 59.7 Å². The van der Waals surface area contributed by atoms with Crippen LogP contribution in [0.2, 0.25) is 0 Å². The van der Waals surface area contributed by atoms with Crippen LogP contribution >= 0.6 is 0 Å². The highest BCUT2D eigenvalue weighted by Crippen LogP contribution is 2.44. The van der Waals surface area contributed by atoms with Crippen molar-refractivity contribution in [2.75, 3.05) is 40.1 Å². The van der Waals surface area contributed by atoms with Gasteiger partial charge in [0.2, 0.25) is 5.91 Å². The number of aliphatic carboxylic acids is 1. The van der Waals surface area contributed by atoms with Gasteiger partial charge in [-0.05, 0) is 41.5 Å². The molecule has 9 nitrogen and oxygen atoms in total. The zero-order valence-corrected chi connectivity index (χ0v) is 20.5. The normalized spacial score (nSPS) is 12.9. The minimum atomic E-state index is -1.12. The van der Waals surface area contributed by atoms with E-state index in [4.69, 9.17) is 14.2 Å². The smallest absolute Gasteiger partial charge is 0.407 e. The summed E-state index contributed by atoms with van der Waals surface area (Å²) < 4.78 is 15.6. The number of ether oxygens (including phenoxy) is 3. The van der Waals surface area contributed by atoms with Crippen LogP contribution in [0.4, 0.5) is 4.79 Å². The predicted molar refractivity (Wildman–Crippen MR) is 134 cm³/mol. The average molecular weight is 499 g/mol. The number of fused-ring (bicyclic) bond motifs is 3. The number of nitrogens with one attached hydrogen (secondary N) is 2. The molecule has 9 heteroatoms. The number of hydrogen-bond donors (Lipinski definition) is 3. The zero-order chi connectivity index (χ0) is 25.8. The summed E-state index contributed by atoms with van der Waals surface area (Å²) in [6, 6.07) is 15.0. The van der Waals surface area contributed by atoms with Gasteiger partial charge in [0, 0.05) is 26.0 Å². The van der Waals surface area contributed by atoms with E-state index >= 15 is 0 Å². The number of rotatable bonds is 15. The molecule has 0 bridgehead atoms. The molecule has 3 rings (SSSR count). The molecular weight excluding hydrogens is 464 g/mol. The van der Waals surface area contributed by atoms with E-state index in [1.807, 2.05) is 48.5 Å². The fourth-order valence-electron chi connectivity index (χ4n) is 4.24. The molecule has 0 saturated heterocycles. The second-order valence-corrected chi connectivity index (χ2v) is 8.56. The third-order valence-corrected chi connectivity index (χ3v) is 6.08. The predicted octanol–water partition coefficient (Wildman–Crippen LogP) is 3.32. The van der Waals surface area contributed by atoms with Gasteiger partial charge in [0.25, 0.3) is 0 Å². The summed E-state index contributed by atoms with van der Waals surface area (Å²) in [5, 5.41) is 14.7. The van der Waals surface area contributed by atoms with Crippen molar-refractivity contribution >= 4 is 18.0 Å². The van der Waals surface area contributed by atoms with Crippen LogP contribution in [0.25, 0.3) is 11.1 Å². The lowest BCUT2D eigenvalue weighted by Crippen LogP contribution is -2.41. The van der Waals surface area contributed by atoms with E-state index < -0.39 is 18.1 Å². The first kappa shape index (κ1) is 27.2. The van der Waals surface area contributed by atoms with Gasteiger partial charge in [0.1, 0.15) is 12.6 Å². The molecule has 0 fully saturated rings. The number of hydrogen-bond acceptors (Lipinski definition) is 6. The van der Waals surface area contributed by atoms with Gasteiger partial charge in [-0.2, -0.15) is 0 Å². The number of alkyl carbamates (subject to hydrolysis) is 1. The molecule has 1 atom stereocenters. The first-order valence-corrected chi connectivity index (χ1v) is 12.2. The number of methoxy groups -OCH3 is 1. The summed E-state index contributed by atoms with van der Waals surface area (Å²) >= 11 is 0. The quantitative estimate of drug-likeness (QED) is 0.322. The Balaban J connectivity index is 1.38. The Kier molecular flexibility index (Phi) is 10.7. The van der Waals surface area contributed by atoms with E-state index in [-0.39, 0.29) is 31.3 Å². The molecule has 2 aromatic rings. The van der Waals surface area contributed by atoms with Gasteiger partial charge in [-0.3, -0.25) is 4.79 Å². The Morgan fingerprint density at radius 2 is 1.61 bits per heavy atom. The Hall–Kier alpha value is -3.43. The second kappa shape index (κ2) is 14.2. The van der Waals surface area contributed by atoms with E-state index in [1.54, 1.807) is 7.11 Å². The van der Waals surface area contributed by atoms with E-state index in [2.05, 4.69) is 10.6 Å². The fraction of sp³-hybridized carbons (Fsp3) is 0.444. The van der Waals surface area contributed by atoms with E-state index in [1.165, 1.54) is 0 Å². The molecule has 194 valence electrons. The van der Waals surface area contributed by atoms with E-state index in [0.29, 0.717) is 39.2 Å². The number of unbranched alkanes of at least 4 members (excludes halogenated alkanes) is 1. The zero-order valence-electron chi connectivity index (χ0n) is 20.5. The number of benzene rings is 2. The van der Waals surface area contributed by atoms with Crippen LogP contribution in [-0.2, 0) is 23.8 Å². The lowest BCUT2D eigenvalue weighted by atomic mass is 9.98. The summed E-state index contributed by atoms with van der Waals surface area (Å²) in [7, 11) is 1.58. The molecule has 0 heterocycles. The first-order chi connectivity index (χ1) is 17.5. The monoisotopic (exact) mass is 498 g/mol. The van der Waals surface area contributed by atoms with Crippen LogP contribution in [0.5, 0.6) is 0 Å². The summed E-state index contributed by atoms with van der Waals surface area (Å²) in [5.41, 5.74) is 4.42. The maximum Gasteiger partial charge on any atom is 0.407 e. The molecule has 0 saturated carbocycles. The molecule has 2 amide bonds. The molecule has 2 aromatic carbocycles. The average Bonchev–Trinajstić information content (AvgIpc) is 3.20. The minimum Gasteiger partial charge on any atom is -0.480 e. The van der Waals surface area contributed by atoms with Gasteiger partial charge >= 0.3 is 12.1 Å². The van der Waals surface area contributed by atoms with Crippen molar-refractivity contribution in [1.29, 1.82) is 0 Å². The molecule has 1 aliphatic rings. The van der Waals surface area contributed by atoms with Crippen LogP contribution < -0.4 is 10.6 Å². The summed E-state index contributed by atoms with van der Waals surface area (Å²) in [4.78, 5) is 35.8. The van der Waals surface area contributed by atoms with Crippen molar-refractivity contribution in [2.24, 2.45) is 0 Å². The Bertz CT molecular complexity index is 981. The summed E-state index contributed by atoms with van der Waals surface area (Å²) in [6.45, 7) is 1.79. The maximum absolute atomic E-state index is 12.4. The van der Waals surface area contributed by atoms with Crippen molar-refractivity contribution in [1.82, 2.24) is 10.6 Å². The Labute approximate surface area is 211 Å². The van der Waals surface area contributed by atoms with Crippen LogP contribution in [-0.4, -0.2) is 69.2 Å². The molecule has 1 aliphatic carbocycles. The maximum atomic E-state index is 12.4. The number of carbonyl (C=O) groups is 3. The van der Waals surface area contributed by atoms with Gasteiger partial charge in [0.05, 0.1) is 19.8 Å². The highest BCUT2D eigenvalue weighted by molar-refractivity contribution is 5.81. The highest BCUT2D eigenvalue weighted by atomic mass is 16.5.